The molecule has 0 unspecified atom stereocenters. The summed E-state index contributed by atoms with van der Waals surface area (Å²) in [5.41, 5.74) is 0. The van der Waals surface area contributed by atoms with Crippen molar-refractivity contribution in [3.63, 3.8) is 0 Å². The van der Waals surface area contributed by atoms with Crippen LogP contribution in [0.25, 0.3) is 0 Å². The third kappa shape index (κ3) is 5.04. The summed E-state index contributed by atoms with van der Waals surface area (Å²) in [6, 6.07) is 3.85. The molecule has 1 saturated heterocycles. The van der Waals surface area contributed by atoms with Crippen LogP contribution in [0.5, 0.6) is 0 Å². The average molecular weight is 311 g/mol. The predicted octanol–water partition coefficient (Wildman–Crippen LogP) is 2.84. The van der Waals surface area contributed by atoms with Gasteiger partial charge in [0.2, 0.25) is 0 Å². The zero-order chi connectivity index (χ0) is 15.2. The van der Waals surface area contributed by atoms with Crippen molar-refractivity contribution < 1.29 is 19.1 Å². The van der Waals surface area contributed by atoms with Crippen molar-refractivity contribution in [2.24, 2.45) is 0 Å². The van der Waals surface area contributed by atoms with Gasteiger partial charge in [0, 0.05) is 30.8 Å². The zero-order valence-corrected chi connectivity index (χ0v) is 13.2. The Kier molecular flexibility index (Phi) is 5.61. The van der Waals surface area contributed by atoms with E-state index in [9.17, 15) is 9.59 Å². The van der Waals surface area contributed by atoms with Crippen LogP contribution in [0, 0.1) is 0 Å². The number of thiophene rings is 1. The quantitative estimate of drug-likeness (QED) is 0.802. The number of amides is 1. The number of rotatable bonds is 4. The molecule has 1 aliphatic rings. The Hall–Kier alpha value is -1.56. The first-order valence-electron chi connectivity index (χ1n) is 7.22. The number of carbonyl (C=O) groups is 2. The highest BCUT2D eigenvalue weighted by molar-refractivity contribution is 7.10. The Morgan fingerprint density at radius 2 is 2.10 bits per heavy atom. The molecule has 0 atom stereocenters. The van der Waals surface area contributed by atoms with E-state index in [0.29, 0.717) is 32.4 Å². The Morgan fingerprint density at radius 3 is 2.67 bits per heavy atom. The van der Waals surface area contributed by atoms with E-state index in [4.69, 9.17) is 9.47 Å². The van der Waals surface area contributed by atoms with E-state index in [2.05, 4.69) is 0 Å². The minimum absolute atomic E-state index is 0.0967. The number of ether oxygens (including phenoxy) is 2. The first kappa shape index (κ1) is 15.8. The highest BCUT2D eigenvalue weighted by atomic mass is 32.1. The molecule has 0 bridgehead atoms. The monoisotopic (exact) mass is 311 g/mol. The molecule has 21 heavy (non-hydrogen) atoms. The molecule has 1 fully saturated rings. The lowest BCUT2D eigenvalue weighted by Gasteiger charge is -2.31. The Balaban J connectivity index is 1.71. The first-order chi connectivity index (χ1) is 10.0. The van der Waals surface area contributed by atoms with Gasteiger partial charge in [-0.05, 0) is 25.3 Å². The molecular weight excluding hydrogens is 290 g/mol. The van der Waals surface area contributed by atoms with E-state index < -0.39 is 0 Å². The molecule has 0 aromatic carbocycles. The van der Waals surface area contributed by atoms with Crippen LogP contribution in [0.15, 0.2) is 17.5 Å². The van der Waals surface area contributed by atoms with Crippen LogP contribution in [0.2, 0.25) is 0 Å². The van der Waals surface area contributed by atoms with Gasteiger partial charge in [-0.15, -0.1) is 11.3 Å². The minimum Gasteiger partial charge on any atom is -0.462 e. The first-order valence-corrected chi connectivity index (χ1v) is 8.10. The van der Waals surface area contributed by atoms with Crippen molar-refractivity contribution in [2.45, 2.75) is 45.3 Å². The number of hydrogen-bond donors (Lipinski definition) is 0. The summed E-state index contributed by atoms with van der Waals surface area (Å²) in [4.78, 5) is 26.2. The number of nitrogens with zero attached hydrogens (tertiary/aromatic N) is 1. The van der Waals surface area contributed by atoms with Crippen molar-refractivity contribution in [3.8, 4) is 0 Å². The van der Waals surface area contributed by atoms with Gasteiger partial charge in [0.15, 0.2) is 0 Å². The summed E-state index contributed by atoms with van der Waals surface area (Å²) in [6.45, 7) is 4.80. The molecule has 1 aliphatic heterocycles. The molecule has 2 rings (SSSR count). The van der Waals surface area contributed by atoms with Gasteiger partial charge in [-0.2, -0.15) is 0 Å². The van der Waals surface area contributed by atoms with Gasteiger partial charge >= 0.3 is 12.1 Å². The van der Waals surface area contributed by atoms with Crippen LogP contribution < -0.4 is 0 Å². The fourth-order valence-corrected chi connectivity index (χ4v) is 2.91. The lowest BCUT2D eigenvalue weighted by atomic mass is 10.1. The third-order valence-electron chi connectivity index (χ3n) is 3.23. The van der Waals surface area contributed by atoms with Crippen molar-refractivity contribution >= 4 is 23.4 Å². The van der Waals surface area contributed by atoms with Gasteiger partial charge in [0.05, 0.1) is 12.5 Å². The molecule has 1 aromatic heterocycles. The zero-order valence-electron chi connectivity index (χ0n) is 12.4. The highest BCUT2D eigenvalue weighted by Crippen LogP contribution is 2.17. The van der Waals surface area contributed by atoms with Crippen molar-refractivity contribution in [3.05, 3.63) is 22.4 Å². The molecule has 5 nitrogen and oxygen atoms in total. The van der Waals surface area contributed by atoms with E-state index in [1.807, 2.05) is 31.4 Å². The molecule has 2 heterocycles. The van der Waals surface area contributed by atoms with Crippen LogP contribution in [-0.4, -0.2) is 42.3 Å². The minimum atomic E-state index is -0.284. The summed E-state index contributed by atoms with van der Waals surface area (Å²) in [7, 11) is 0. The number of likely N-dealkylation sites (tertiary alicyclic amines) is 1. The van der Waals surface area contributed by atoms with Crippen molar-refractivity contribution in [1.82, 2.24) is 4.90 Å². The van der Waals surface area contributed by atoms with E-state index in [1.165, 1.54) is 0 Å². The van der Waals surface area contributed by atoms with E-state index in [-0.39, 0.29) is 24.3 Å². The molecule has 0 spiro atoms. The summed E-state index contributed by atoms with van der Waals surface area (Å²) in [5.74, 6) is -0.194. The molecular formula is C15H21NO4S. The third-order valence-corrected chi connectivity index (χ3v) is 4.11. The van der Waals surface area contributed by atoms with E-state index in [1.54, 1.807) is 16.2 Å². The lowest BCUT2D eigenvalue weighted by molar-refractivity contribution is -0.150. The molecule has 1 aromatic rings. The molecule has 116 valence electrons. The van der Waals surface area contributed by atoms with Crippen molar-refractivity contribution in [1.29, 1.82) is 0 Å². The normalized spacial score (nSPS) is 16.0. The molecule has 0 radical (unpaired) electrons. The number of piperidine rings is 1. The molecule has 0 aliphatic carbocycles. The maximum Gasteiger partial charge on any atom is 0.410 e. The Morgan fingerprint density at radius 1 is 1.38 bits per heavy atom. The van der Waals surface area contributed by atoms with Gasteiger partial charge < -0.3 is 14.4 Å². The summed E-state index contributed by atoms with van der Waals surface area (Å²) < 4.78 is 10.6. The maximum atomic E-state index is 11.8. The highest BCUT2D eigenvalue weighted by Gasteiger charge is 2.26. The van der Waals surface area contributed by atoms with Crippen molar-refractivity contribution in [2.75, 3.05) is 13.1 Å². The molecule has 6 heteroatoms. The molecule has 0 N–H and O–H groups in total. The number of carbonyl (C=O) groups excluding carboxylic acids is 2. The number of esters is 1. The molecule has 1 amide bonds. The fraction of sp³-hybridized carbons (Fsp3) is 0.600. The van der Waals surface area contributed by atoms with Gasteiger partial charge in [-0.1, -0.05) is 6.07 Å². The Bertz CT molecular complexity index is 464. The topological polar surface area (TPSA) is 55.8 Å². The number of hydrogen-bond acceptors (Lipinski definition) is 5. The predicted molar refractivity (Wildman–Crippen MR) is 80.3 cm³/mol. The Labute approximate surface area is 128 Å². The summed E-state index contributed by atoms with van der Waals surface area (Å²) >= 11 is 1.55. The average Bonchev–Trinajstić information content (AvgIpc) is 2.91. The van der Waals surface area contributed by atoms with E-state index >= 15 is 0 Å². The lowest BCUT2D eigenvalue weighted by Crippen LogP contribution is -2.42. The van der Waals surface area contributed by atoms with Crippen LogP contribution >= 0.6 is 11.3 Å². The van der Waals surface area contributed by atoms with Crippen LogP contribution in [-0.2, 0) is 20.7 Å². The standard InChI is InChI=1S/C15H21NO4S/c1-11(2)19-15(18)16-7-5-12(6-8-16)20-14(17)10-13-4-3-9-21-13/h3-4,9,11-12H,5-8,10H2,1-2H3. The second-order valence-electron chi connectivity index (χ2n) is 5.36. The second-order valence-corrected chi connectivity index (χ2v) is 6.40. The van der Waals surface area contributed by atoms with E-state index in [0.717, 1.165) is 4.88 Å². The van der Waals surface area contributed by atoms with Crippen LogP contribution in [0.3, 0.4) is 0 Å². The van der Waals surface area contributed by atoms with Gasteiger partial charge in [0.1, 0.15) is 6.10 Å². The van der Waals surface area contributed by atoms with Crippen LogP contribution in [0.4, 0.5) is 4.79 Å². The molecule has 0 saturated carbocycles. The fourth-order valence-electron chi connectivity index (χ4n) is 2.22. The summed E-state index contributed by atoms with van der Waals surface area (Å²) in [5, 5.41) is 1.95. The van der Waals surface area contributed by atoms with Gasteiger partial charge in [0.25, 0.3) is 0 Å². The van der Waals surface area contributed by atoms with Crippen LogP contribution in [0.1, 0.15) is 31.6 Å². The summed E-state index contributed by atoms with van der Waals surface area (Å²) in [6.07, 6.45) is 1.17. The van der Waals surface area contributed by atoms with Gasteiger partial charge in [-0.3, -0.25) is 4.79 Å². The largest absolute Gasteiger partial charge is 0.462 e. The second kappa shape index (κ2) is 7.45. The van der Waals surface area contributed by atoms with Gasteiger partial charge in [-0.25, -0.2) is 4.79 Å². The smallest absolute Gasteiger partial charge is 0.410 e. The SMILES string of the molecule is CC(C)OC(=O)N1CCC(OC(=O)Cc2cccs2)CC1. The maximum absolute atomic E-state index is 11.8.